The molecular weight excluding hydrogens is 346 g/mol. The molecule has 1 amide bonds. The summed E-state index contributed by atoms with van der Waals surface area (Å²) in [5.74, 6) is 1.63. The van der Waals surface area contributed by atoms with Gasteiger partial charge in [-0.1, -0.05) is 18.1 Å². The lowest BCUT2D eigenvalue weighted by molar-refractivity contribution is 0.0926. The number of nitrogens with one attached hydrogen (secondary N) is 1. The van der Waals surface area contributed by atoms with Crippen LogP contribution in [0.1, 0.15) is 35.4 Å². The van der Waals surface area contributed by atoms with Crippen molar-refractivity contribution in [2.24, 2.45) is 0 Å². The zero-order valence-electron chi connectivity index (χ0n) is 14.8. The summed E-state index contributed by atoms with van der Waals surface area (Å²) in [5.41, 5.74) is 1.94. The average molecular weight is 365 g/mol. The number of nitrogens with zero attached hydrogens (tertiary/aromatic N) is 2. The molecule has 0 aliphatic carbocycles. The molecule has 1 aliphatic rings. The zero-order valence-corrected chi connectivity index (χ0v) is 14.8. The maximum absolute atomic E-state index is 12.6. The Morgan fingerprint density at radius 1 is 1.19 bits per heavy atom. The lowest BCUT2D eigenvalue weighted by Gasteiger charge is -2.22. The highest BCUT2D eigenvalue weighted by Crippen LogP contribution is 2.33. The summed E-state index contributed by atoms with van der Waals surface area (Å²) >= 11 is 0. The van der Waals surface area contributed by atoms with Crippen molar-refractivity contribution >= 4 is 5.91 Å². The third-order valence-corrected chi connectivity index (χ3v) is 4.37. The molecular formula is C20H19N3O4. The monoisotopic (exact) mass is 365 g/mol. The molecule has 0 fully saturated rings. The second kappa shape index (κ2) is 7.49. The second-order valence-corrected chi connectivity index (χ2v) is 6.16. The molecule has 1 aliphatic heterocycles. The summed E-state index contributed by atoms with van der Waals surface area (Å²) in [5, 5.41) is 6.88. The van der Waals surface area contributed by atoms with Crippen molar-refractivity contribution in [3.8, 4) is 22.8 Å². The van der Waals surface area contributed by atoms with Gasteiger partial charge in [0, 0.05) is 24.0 Å². The number of amides is 1. The first-order valence-electron chi connectivity index (χ1n) is 8.82. The van der Waals surface area contributed by atoms with Gasteiger partial charge in [0.25, 0.3) is 5.91 Å². The van der Waals surface area contributed by atoms with Crippen LogP contribution in [0, 0.1) is 0 Å². The van der Waals surface area contributed by atoms with Crippen LogP contribution in [0.2, 0.25) is 0 Å². The maximum atomic E-state index is 12.6. The van der Waals surface area contributed by atoms with E-state index in [0.29, 0.717) is 24.7 Å². The van der Waals surface area contributed by atoms with E-state index in [0.717, 1.165) is 23.3 Å². The third kappa shape index (κ3) is 3.62. The van der Waals surface area contributed by atoms with E-state index >= 15 is 0 Å². The highest BCUT2D eigenvalue weighted by atomic mass is 16.6. The smallest absolute Gasteiger partial charge is 0.273 e. The van der Waals surface area contributed by atoms with Gasteiger partial charge in [0.2, 0.25) is 0 Å². The highest BCUT2D eigenvalue weighted by molar-refractivity contribution is 5.93. The summed E-state index contributed by atoms with van der Waals surface area (Å²) in [7, 11) is 0. The Kier molecular flexibility index (Phi) is 4.74. The molecule has 0 bridgehead atoms. The first kappa shape index (κ1) is 17.1. The number of hydrogen-bond donors (Lipinski definition) is 1. The molecule has 0 spiro atoms. The van der Waals surface area contributed by atoms with E-state index in [1.165, 1.54) is 0 Å². The van der Waals surface area contributed by atoms with Crippen molar-refractivity contribution in [2.75, 3.05) is 13.2 Å². The molecule has 3 heterocycles. The molecule has 1 aromatic carbocycles. The van der Waals surface area contributed by atoms with E-state index in [2.05, 4.69) is 15.5 Å². The Balaban J connectivity index is 1.50. The number of benzene rings is 1. The van der Waals surface area contributed by atoms with Gasteiger partial charge in [0.1, 0.15) is 13.2 Å². The van der Waals surface area contributed by atoms with Crippen molar-refractivity contribution in [1.29, 1.82) is 0 Å². The number of fused-ring (bicyclic) bond motifs is 1. The number of pyridine rings is 1. The Morgan fingerprint density at radius 2 is 2.04 bits per heavy atom. The Morgan fingerprint density at radius 3 is 2.81 bits per heavy atom. The van der Waals surface area contributed by atoms with Gasteiger partial charge in [-0.15, -0.1) is 0 Å². The number of aromatic nitrogens is 2. The molecule has 1 atom stereocenters. The zero-order chi connectivity index (χ0) is 18.6. The summed E-state index contributed by atoms with van der Waals surface area (Å²) in [4.78, 5) is 16.7. The maximum Gasteiger partial charge on any atom is 0.273 e. The number of carbonyl (C=O) groups is 1. The van der Waals surface area contributed by atoms with Crippen LogP contribution in [0.4, 0.5) is 0 Å². The summed E-state index contributed by atoms with van der Waals surface area (Å²) in [6.45, 7) is 3.08. The van der Waals surface area contributed by atoms with Crippen molar-refractivity contribution in [1.82, 2.24) is 15.5 Å². The van der Waals surface area contributed by atoms with Crippen molar-refractivity contribution < 1.29 is 18.8 Å². The number of carbonyl (C=O) groups excluding carboxylic acids is 1. The molecule has 27 heavy (non-hydrogen) atoms. The van der Waals surface area contributed by atoms with Gasteiger partial charge >= 0.3 is 0 Å². The third-order valence-electron chi connectivity index (χ3n) is 4.37. The SMILES string of the molecule is CCC(NC(=O)c1cc(-c2cccnc2)on1)c1ccc2c(c1)OCCO2. The second-order valence-electron chi connectivity index (χ2n) is 6.16. The van der Waals surface area contributed by atoms with E-state index in [4.69, 9.17) is 14.0 Å². The summed E-state index contributed by atoms with van der Waals surface area (Å²) in [6, 6.07) is 10.8. The molecule has 4 rings (SSSR count). The fourth-order valence-corrected chi connectivity index (χ4v) is 2.96. The van der Waals surface area contributed by atoms with E-state index in [-0.39, 0.29) is 17.6 Å². The first-order valence-corrected chi connectivity index (χ1v) is 8.82. The van der Waals surface area contributed by atoms with Gasteiger partial charge in [0.15, 0.2) is 23.0 Å². The van der Waals surface area contributed by atoms with E-state index in [1.807, 2.05) is 31.2 Å². The van der Waals surface area contributed by atoms with Crippen molar-refractivity contribution in [3.63, 3.8) is 0 Å². The van der Waals surface area contributed by atoms with Crippen molar-refractivity contribution in [2.45, 2.75) is 19.4 Å². The predicted octanol–water partition coefficient (Wildman–Crippen LogP) is 3.39. The Hall–Kier alpha value is -3.35. The minimum Gasteiger partial charge on any atom is -0.486 e. The Bertz CT molecular complexity index is 939. The standard InChI is InChI=1S/C20H19N3O4/c1-2-15(13-5-6-17-19(10-13)26-9-8-25-17)22-20(24)16-11-18(27-23-16)14-4-3-7-21-12-14/h3-7,10-12,15H,2,8-9H2,1H3,(H,22,24). The van der Waals surface area contributed by atoms with Crippen LogP contribution in [0.3, 0.4) is 0 Å². The minimum absolute atomic E-state index is 0.174. The predicted molar refractivity (Wildman–Crippen MR) is 97.7 cm³/mol. The van der Waals surface area contributed by atoms with Crippen LogP contribution < -0.4 is 14.8 Å². The average Bonchev–Trinajstić information content (AvgIpc) is 3.22. The lowest BCUT2D eigenvalue weighted by atomic mass is 10.0. The van der Waals surface area contributed by atoms with Crippen LogP contribution >= 0.6 is 0 Å². The molecule has 0 radical (unpaired) electrons. The van der Waals surface area contributed by atoms with Crippen LogP contribution in [0.15, 0.2) is 53.3 Å². The van der Waals surface area contributed by atoms with Gasteiger partial charge in [-0.05, 0) is 36.2 Å². The first-order chi connectivity index (χ1) is 13.2. The molecule has 3 aromatic rings. The van der Waals surface area contributed by atoms with E-state index in [9.17, 15) is 4.79 Å². The molecule has 138 valence electrons. The molecule has 1 N–H and O–H groups in total. The molecule has 7 heteroatoms. The van der Waals surface area contributed by atoms with Crippen LogP contribution in [0.5, 0.6) is 11.5 Å². The molecule has 2 aromatic heterocycles. The Labute approximate surface area is 156 Å². The van der Waals surface area contributed by atoms with Gasteiger partial charge in [-0.3, -0.25) is 9.78 Å². The minimum atomic E-state index is -0.296. The van der Waals surface area contributed by atoms with Crippen LogP contribution in [0.25, 0.3) is 11.3 Å². The van der Waals surface area contributed by atoms with Gasteiger partial charge in [-0.25, -0.2) is 0 Å². The quantitative estimate of drug-likeness (QED) is 0.746. The molecule has 1 unspecified atom stereocenters. The topological polar surface area (TPSA) is 86.5 Å². The summed E-state index contributed by atoms with van der Waals surface area (Å²) in [6.07, 6.45) is 4.05. The van der Waals surface area contributed by atoms with Crippen LogP contribution in [-0.4, -0.2) is 29.3 Å². The van der Waals surface area contributed by atoms with E-state index < -0.39 is 0 Å². The van der Waals surface area contributed by atoms with Gasteiger partial charge < -0.3 is 19.3 Å². The number of hydrogen-bond acceptors (Lipinski definition) is 6. The number of ether oxygens (including phenoxy) is 2. The fourth-order valence-electron chi connectivity index (χ4n) is 2.96. The van der Waals surface area contributed by atoms with E-state index in [1.54, 1.807) is 24.5 Å². The fraction of sp³-hybridized carbons (Fsp3) is 0.250. The number of rotatable bonds is 5. The van der Waals surface area contributed by atoms with Crippen LogP contribution in [-0.2, 0) is 0 Å². The highest BCUT2D eigenvalue weighted by Gasteiger charge is 2.20. The molecule has 7 nitrogen and oxygen atoms in total. The molecule has 0 saturated carbocycles. The summed E-state index contributed by atoms with van der Waals surface area (Å²) < 4.78 is 16.5. The normalized spacial score (nSPS) is 13.8. The van der Waals surface area contributed by atoms with Crippen molar-refractivity contribution in [3.05, 3.63) is 60.0 Å². The largest absolute Gasteiger partial charge is 0.486 e. The lowest BCUT2D eigenvalue weighted by Crippen LogP contribution is -2.28. The van der Waals surface area contributed by atoms with Gasteiger partial charge in [-0.2, -0.15) is 0 Å². The molecule has 0 saturated heterocycles. The van der Waals surface area contributed by atoms with Gasteiger partial charge in [0.05, 0.1) is 6.04 Å².